The van der Waals surface area contributed by atoms with Crippen LogP contribution in [-0.4, -0.2) is 29.0 Å². The van der Waals surface area contributed by atoms with Gasteiger partial charge in [0, 0.05) is 13.2 Å². The van der Waals surface area contributed by atoms with Crippen molar-refractivity contribution in [3.63, 3.8) is 0 Å². The highest BCUT2D eigenvalue weighted by Gasteiger charge is 2.15. The molecular weight excluding hydrogens is 310 g/mol. The Labute approximate surface area is 121 Å². The van der Waals surface area contributed by atoms with Crippen molar-refractivity contribution in [1.29, 1.82) is 0 Å². The Hall–Kier alpha value is -0.880. The maximum absolute atomic E-state index is 12.0. The molecular formula is C13H20BrN3O2. The van der Waals surface area contributed by atoms with Gasteiger partial charge in [-0.1, -0.05) is 0 Å². The minimum atomic E-state index is -0.0999. The number of hydrogen-bond acceptors (Lipinski definition) is 4. The first-order chi connectivity index (χ1) is 9.09. The number of nitrogens with zero attached hydrogens (tertiary/aromatic N) is 2. The Morgan fingerprint density at radius 2 is 2.42 bits per heavy atom. The van der Waals surface area contributed by atoms with Gasteiger partial charge in [0.15, 0.2) is 0 Å². The number of hydrogen-bond donors (Lipinski definition) is 1. The maximum Gasteiger partial charge on any atom is 0.283 e. The van der Waals surface area contributed by atoms with Crippen molar-refractivity contribution in [2.24, 2.45) is 0 Å². The van der Waals surface area contributed by atoms with Gasteiger partial charge in [-0.15, -0.1) is 0 Å². The lowest BCUT2D eigenvalue weighted by molar-refractivity contribution is 0.107. The second-order valence-electron chi connectivity index (χ2n) is 5.07. The average Bonchev–Trinajstić information content (AvgIpc) is 2.87. The second-order valence-corrected chi connectivity index (χ2v) is 5.86. The summed E-state index contributed by atoms with van der Waals surface area (Å²) in [4.78, 5) is 12.0. The van der Waals surface area contributed by atoms with Crippen LogP contribution in [0.1, 0.15) is 39.2 Å². The van der Waals surface area contributed by atoms with Crippen LogP contribution in [-0.2, 0) is 4.74 Å². The highest BCUT2D eigenvalue weighted by molar-refractivity contribution is 9.10. The molecule has 1 saturated heterocycles. The van der Waals surface area contributed by atoms with E-state index in [-0.39, 0.29) is 11.6 Å². The highest BCUT2D eigenvalue weighted by Crippen LogP contribution is 2.19. The van der Waals surface area contributed by atoms with Crippen molar-refractivity contribution in [1.82, 2.24) is 9.78 Å². The SMILES string of the molecule is CC(C)n1ncc(NCCC2CCCO2)c(Br)c1=O. The van der Waals surface area contributed by atoms with Gasteiger partial charge in [-0.3, -0.25) is 4.79 Å². The Balaban J connectivity index is 1.97. The lowest BCUT2D eigenvalue weighted by Crippen LogP contribution is -2.26. The summed E-state index contributed by atoms with van der Waals surface area (Å²) < 4.78 is 7.57. The van der Waals surface area contributed by atoms with Gasteiger partial charge in [-0.2, -0.15) is 5.10 Å². The zero-order valence-corrected chi connectivity index (χ0v) is 12.9. The van der Waals surface area contributed by atoms with Crippen molar-refractivity contribution >= 4 is 21.6 Å². The molecule has 106 valence electrons. The van der Waals surface area contributed by atoms with Crippen molar-refractivity contribution in [3.8, 4) is 0 Å². The lowest BCUT2D eigenvalue weighted by Gasteiger charge is -2.14. The number of rotatable bonds is 5. The molecule has 1 aromatic rings. The third kappa shape index (κ3) is 3.57. The standard InChI is InChI=1S/C13H20BrN3O2/c1-9(2)17-13(18)12(14)11(8-16-17)15-6-5-10-4-3-7-19-10/h8-10,15H,3-7H2,1-2H3. The van der Waals surface area contributed by atoms with E-state index in [4.69, 9.17) is 4.74 Å². The molecule has 2 rings (SSSR count). The minimum absolute atomic E-state index is 0.0599. The second kappa shape index (κ2) is 6.52. The first-order valence-electron chi connectivity index (χ1n) is 6.72. The topological polar surface area (TPSA) is 56.1 Å². The van der Waals surface area contributed by atoms with Gasteiger partial charge in [0.2, 0.25) is 0 Å². The zero-order valence-electron chi connectivity index (χ0n) is 11.4. The quantitative estimate of drug-likeness (QED) is 0.902. The molecule has 1 aliphatic heterocycles. The molecule has 0 amide bonds. The number of aromatic nitrogens is 2. The molecule has 1 unspecified atom stereocenters. The molecule has 6 heteroatoms. The lowest BCUT2D eigenvalue weighted by atomic mass is 10.2. The van der Waals surface area contributed by atoms with Crippen LogP contribution in [0.25, 0.3) is 0 Å². The Morgan fingerprint density at radius 1 is 1.63 bits per heavy atom. The van der Waals surface area contributed by atoms with E-state index in [1.54, 1.807) is 6.20 Å². The van der Waals surface area contributed by atoms with E-state index in [1.807, 2.05) is 13.8 Å². The monoisotopic (exact) mass is 329 g/mol. The molecule has 0 bridgehead atoms. The molecule has 2 heterocycles. The maximum atomic E-state index is 12.0. The summed E-state index contributed by atoms with van der Waals surface area (Å²) in [6.45, 7) is 5.53. The van der Waals surface area contributed by atoms with E-state index < -0.39 is 0 Å². The first kappa shape index (κ1) is 14.5. The van der Waals surface area contributed by atoms with Crippen molar-refractivity contribution < 1.29 is 4.74 Å². The molecule has 19 heavy (non-hydrogen) atoms. The van der Waals surface area contributed by atoms with Crippen molar-refractivity contribution in [2.75, 3.05) is 18.5 Å². The van der Waals surface area contributed by atoms with Crippen LogP contribution in [0, 0.1) is 0 Å². The number of nitrogens with one attached hydrogen (secondary N) is 1. The van der Waals surface area contributed by atoms with Crippen LogP contribution < -0.4 is 10.9 Å². The molecule has 0 aromatic carbocycles. The molecule has 0 aliphatic carbocycles. The summed E-state index contributed by atoms with van der Waals surface area (Å²) in [6, 6.07) is 0.0599. The van der Waals surface area contributed by atoms with Gasteiger partial charge >= 0.3 is 0 Å². The van der Waals surface area contributed by atoms with Gasteiger partial charge in [-0.25, -0.2) is 4.68 Å². The fourth-order valence-corrected chi connectivity index (χ4v) is 2.60. The number of anilines is 1. The minimum Gasteiger partial charge on any atom is -0.383 e. The van der Waals surface area contributed by atoms with Crippen LogP contribution in [0.2, 0.25) is 0 Å². The fraction of sp³-hybridized carbons (Fsp3) is 0.692. The van der Waals surface area contributed by atoms with E-state index in [9.17, 15) is 4.79 Å². The smallest absolute Gasteiger partial charge is 0.283 e. The molecule has 1 aromatic heterocycles. The third-order valence-electron chi connectivity index (χ3n) is 3.24. The summed E-state index contributed by atoms with van der Waals surface area (Å²) in [5.74, 6) is 0. The normalized spacial score (nSPS) is 19.1. The third-order valence-corrected chi connectivity index (χ3v) is 4.00. The highest BCUT2D eigenvalue weighted by atomic mass is 79.9. The van der Waals surface area contributed by atoms with Gasteiger partial charge in [-0.05, 0) is 49.0 Å². The molecule has 1 fully saturated rings. The van der Waals surface area contributed by atoms with E-state index in [0.717, 1.165) is 38.1 Å². The van der Waals surface area contributed by atoms with E-state index >= 15 is 0 Å². The van der Waals surface area contributed by atoms with Crippen LogP contribution >= 0.6 is 15.9 Å². The molecule has 0 saturated carbocycles. The van der Waals surface area contributed by atoms with Crippen molar-refractivity contribution in [3.05, 3.63) is 21.0 Å². The van der Waals surface area contributed by atoms with Crippen LogP contribution in [0.15, 0.2) is 15.5 Å². The van der Waals surface area contributed by atoms with Crippen LogP contribution in [0.5, 0.6) is 0 Å². The summed E-state index contributed by atoms with van der Waals surface area (Å²) in [5.41, 5.74) is 0.650. The van der Waals surface area contributed by atoms with Gasteiger partial charge in [0.25, 0.3) is 5.56 Å². The molecule has 1 N–H and O–H groups in total. The Morgan fingerprint density at radius 3 is 3.05 bits per heavy atom. The number of ether oxygens (including phenoxy) is 1. The van der Waals surface area contributed by atoms with Gasteiger partial charge < -0.3 is 10.1 Å². The molecule has 0 radical (unpaired) electrons. The van der Waals surface area contributed by atoms with Crippen LogP contribution in [0.4, 0.5) is 5.69 Å². The zero-order chi connectivity index (χ0) is 13.8. The Kier molecular flexibility index (Phi) is 4.99. The van der Waals surface area contributed by atoms with Crippen LogP contribution in [0.3, 0.4) is 0 Å². The molecule has 1 aliphatic rings. The van der Waals surface area contributed by atoms with Crippen molar-refractivity contribution in [2.45, 2.75) is 45.3 Å². The summed E-state index contributed by atoms with van der Waals surface area (Å²) >= 11 is 3.35. The predicted octanol–water partition coefficient (Wildman–Crippen LogP) is 2.57. The van der Waals surface area contributed by atoms with Gasteiger partial charge in [0.1, 0.15) is 4.47 Å². The Bertz CT molecular complexity index is 481. The first-order valence-corrected chi connectivity index (χ1v) is 7.51. The summed E-state index contributed by atoms with van der Waals surface area (Å²) in [5, 5.41) is 7.41. The summed E-state index contributed by atoms with van der Waals surface area (Å²) in [7, 11) is 0. The largest absolute Gasteiger partial charge is 0.383 e. The predicted molar refractivity (Wildman–Crippen MR) is 78.7 cm³/mol. The van der Waals surface area contributed by atoms with E-state index in [2.05, 4.69) is 26.3 Å². The summed E-state index contributed by atoms with van der Waals surface area (Å²) in [6.07, 6.45) is 5.30. The fourth-order valence-electron chi connectivity index (χ4n) is 2.18. The van der Waals surface area contributed by atoms with Gasteiger partial charge in [0.05, 0.1) is 24.0 Å². The molecule has 0 spiro atoms. The number of halogens is 1. The molecule has 1 atom stereocenters. The molecule has 5 nitrogen and oxygen atoms in total. The average molecular weight is 330 g/mol. The van der Waals surface area contributed by atoms with E-state index in [1.165, 1.54) is 4.68 Å². The van der Waals surface area contributed by atoms with E-state index in [0.29, 0.717) is 10.6 Å².